The molecule has 0 saturated heterocycles. The summed E-state index contributed by atoms with van der Waals surface area (Å²) >= 11 is 0. The lowest BCUT2D eigenvalue weighted by atomic mass is 10.1. The lowest BCUT2D eigenvalue weighted by Gasteiger charge is -2.03. The normalized spacial score (nSPS) is 11.2. The molecule has 4 aromatic rings. The van der Waals surface area contributed by atoms with Gasteiger partial charge in [0, 0.05) is 17.0 Å². The molecule has 1 N–H and O–H groups in total. The molecule has 2 heterocycles. The van der Waals surface area contributed by atoms with Gasteiger partial charge in [0.1, 0.15) is 0 Å². The van der Waals surface area contributed by atoms with E-state index in [-0.39, 0.29) is 5.88 Å². The first-order valence-corrected chi connectivity index (χ1v) is 6.36. The first-order chi connectivity index (χ1) is 9.83. The van der Waals surface area contributed by atoms with E-state index in [4.69, 9.17) is 0 Å². The smallest absolute Gasteiger partial charge is 0.216 e. The van der Waals surface area contributed by atoms with Crippen molar-refractivity contribution in [3.63, 3.8) is 0 Å². The van der Waals surface area contributed by atoms with Crippen molar-refractivity contribution in [3.05, 3.63) is 60.7 Å². The number of rotatable bonds is 1. The van der Waals surface area contributed by atoms with Crippen molar-refractivity contribution in [2.75, 3.05) is 0 Å². The second-order valence-corrected chi connectivity index (χ2v) is 4.62. The van der Waals surface area contributed by atoms with E-state index in [1.165, 1.54) is 4.52 Å². The van der Waals surface area contributed by atoms with Crippen LogP contribution in [0.2, 0.25) is 0 Å². The Morgan fingerprint density at radius 1 is 0.900 bits per heavy atom. The highest BCUT2D eigenvalue weighted by molar-refractivity contribution is 5.92. The fourth-order valence-corrected chi connectivity index (χ4v) is 2.37. The summed E-state index contributed by atoms with van der Waals surface area (Å²) in [7, 11) is 0. The van der Waals surface area contributed by atoms with Crippen LogP contribution in [0.4, 0.5) is 0 Å². The lowest BCUT2D eigenvalue weighted by Crippen LogP contribution is -1.93. The number of hydrogen-bond acceptors (Lipinski definition) is 3. The Morgan fingerprint density at radius 3 is 2.50 bits per heavy atom. The van der Waals surface area contributed by atoms with Gasteiger partial charge in [-0.3, -0.25) is 0 Å². The van der Waals surface area contributed by atoms with Gasteiger partial charge in [0.15, 0.2) is 5.65 Å². The molecule has 0 aliphatic heterocycles. The topological polar surface area (TPSA) is 50.4 Å². The zero-order valence-corrected chi connectivity index (χ0v) is 10.6. The molecule has 0 bridgehead atoms. The number of aromatic nitrogens is 3. The van der Waals surface area contributed by atoms with Crippen LogP contribution in [-0.2, 0) is 0 Å². The van der Waals surface area contributed by atoms with Gasteiger partial charge in [-0.25, -0.2) is 4.98 Å². The minimum Gasteiger partial charge on any atom is -0.493 e. The van der Waals surface area contributed by atoms with Gasteiger partial charge in [0.2, 0.25) is 5.88 Å². The fraction of sp³-hybridized carbons (Fsp3) is 0. The van der Waals surface area contributed by atoms with Gasteiger partial charge in [-0.2, -0.15) is 9.61 Å². The van der Waals surface area contributed by atoms with Crippen LogP contribution in [0.1, 0.15) is 0 Å². The molecular formula is C16H11N3O. The largest absolute Gasteiger partial charge is 0.493 e. The lowest BCUT2D eigenvalue weighted by molar-refractivity contribution is 0.436. The van der Waals surface area contributed by atoms with E-state index >= 15 is 0 Å². The minimum atomic E-state index is 0.0880. The minimum absolute atomic E-state index is 0.0880. The molecule has 0 aliphatic carbocycles. The standard InChI is InChI=1S/C16H11N3O/c20-15-10-14(11-6-2-1-3-7-11)17-16-12-8-4-5-9-13(12)18-19(15)16/h1-10,20H. The first kappa shape index (κ1) is 11.0. The van der Waals surface area contributed by atoms with E-state index in [0.717, 1.165) is 22.2 Å². The zero-order chi connectivity index (χ0) is 13.5. The molecule has 2 aromatic carbocycles. The van der Waals surface area contributed by atoms with Gasteiger partial charge in [0.05, 0.1) is 11.2 Å². The Balaban J connectivity index is 2.08. The zero-order valence-electron chi connectivity index (χ0n) is 10.6. The van der Waals surface area contributed by atoms with Crippen LogP contribution >= 0.6 is 0 Å². The molecule has 0 atom stereocenters. The highest BCUT2D eigenvalue weighted by Crippen LogP contribution is 2.26. The molecular weight excluding hydrogens is 250 g/mol. The van der Waals surface area contributed by atoms with Crippen LogP contribution < -0.4 is 0 Å². The predicted octanol–water partition coefficient (Wildman–Crippen LogP) is 3.26. The molecule has 4 rings (SSSR count). The van der Waals surface area contributed by atoms with Crippen molar-refractivity contribution < 1.29 is 5.11 Å². The summed E-state index contributed by atoms with van der Waals surface area (Å²) in [6, 6.07) is 19.2. The summed E-state index contributed by atoms with van der Waals surface area (Å²) in [5.41, 5.74) is 3.19. The number of hydrogen-bond donors (Lipinski definition) is 1. The van der Waals surface area contributed by atoms with Crippen LogP contribution in [-0.4, -0.2) is 19.7 Å². The molecule has 4 heteroatoms. The van der Waals surface area contributed by atoms with Crippen molar-refractivity contribution in [3.8, 4) is 17.1 Å². The molecule has 0 spiro atoms. The summed E-state index contributed by atoms with van der Waals surface area (Å²) in [6.45, 7) is 0. The van der Waals surface area contributed by atoms with E-state index in [9.17, 15) is 5.11 Å². The average molecular weight is 261 g/mol. The summed E-state index contributed by atoms with van der Waals surface area (Å²) < 4.78 is 1.47. The third kappa shape index (κ3) is 1.55. The van der Waals surface area contributed by atoms with E-state index in [1.54, 1.807) is 6.07 Å². The van der Waals surface area contributed by atoms with Gasteiger partial charge in [-0.15, -0.1) is 0 Å². The third-order valence-electron chi connectivity index (χ3n) is 3.33. The second kappa shape index (κ2) is 4.06. The van der Waals surface area contributed by atoms with Gasteiger partial charge < -0.3 is 5.11 Å². The van der Waals surface area contributed by atoms with Crippen LogP contribution in [0.5, 0.6) is 5.88 Å². The number of fused-ring (bicyclic) bond motifs is 3. The van der Waals surface area contributed by atoms with Crippen LogP contribution in [0, 0.1) is 0 Å². The average Bonchev–Trinajstić information content (AvgIpc) is 2.88. The Bertz CT molecular complexity index is 913. The Labute approximate surface area is 114 Å². The van der Waals surface area contributed by atoms with Crippen LogP contribution in [0.3, 0.4) is 0 Å². The molecule has 0 amide bonds. The molecule has 4 nitrogen and oxygen atoms in total. The molecule has 0 unspecified atom stereocenters. The van der Waals surface area contributed by atoms with Gasteiger partial charge in [-0.1, -0.05) is 42.5 Å². The molecule has 20 heavy (non-hydrogen) atoms. The third-order valence-corrected chi connectivity index (χ3v) is 3.33. The Kier molecular flexibility index (Phi) is 2.23. The van der Waals surface area contributed by atoms with Crippen molar-refractivity contribution in [2.45, 2.75) is 0 Å². The van der Waals surface area contributed by atoms with Crippen molar-refractivity contribution in [1.29, 1.82) is 0 Å². The maximum atomic E-state index is 10.2. The first-order valence-electron chi connectivity index (χ1n) is 6.36. The van der Waals surface area contributed by atoms with Gasteiger partial charge in [-0.05, 0) is 12.1 Å². The van der Waals surface area contributed by atoms with Crippen molar-refractivity contribution in [1.82, 2.24) is 14.6 Å². The molecule has 0 saturated carbocycles. The molecule has 2 aromatic heterocycles. The van der Waals surface area contributed by atoms with E-state index in [2.05, 4.69) is 10.1 Å². The van der Waals surface area contributed by atoms with E-state index < -0.39 is 0 Å². The molecule has 0 fully saturated rings. The quantitative estimate of drug-likeness (QED) is 0.572. The Morgan fingerprint density at radius 2 is 1.65 bits per heavy atom. The highest BCUT2D eigenvalue weighted by atomic mass is 16.3. The van der Waals surface area contributed by atoms with E-state index in [0.29, 0.717) is 5.65 Å². The number of aromatic hydroxyl groups is 1. The van der Waals surface area contributed by atoms with Gasteiger partial charge in [0.25, 0.3) is 0 Å². The van der Waals surface area contributed by atoms with Crippen LogP contribution in [0.25, 0.3) is 27.8 Å². The SMILES string of the molecule is Oc1cc(-c2ccccc2)nc2c3ccccc3nn12. The molecule has 0 aliphatic rings. The molecule has 0 radical (unpaired) electrons. The fourth-order valence-electron chi connectivity index (χ4n) is 2.37. The summed E-state index contributed by atoms with van der Waals surface area (Å²) in [6.07, 6.45) is 0. The highest BCUT2D eigenvalue weighted by Gasteiger charge is 2.11. The number of nitrogens with zero attached hydrogens (tertiary/aromatic N) is 3. The maximum absolute atomic E-state index is 10.2. The summed E-state index contributed by atoms with van der Waals surface area (Å²) in [5.74, 6) is 0.0880. The van der Waals surface area contributed by atoms with E-state index in [1.807, 2.05) is 54.6 Å². The second-order valence-electron chi connectivity index (χ2n) is 4.62. The van der Waals surface area contributed by atoms with Gasteiger partial charge >= 0.3 is 0 Å². The number of benzene rings is 2. The molecule has 96 valence electrons. The summed E-state index contributed by atoms with van der Waals surface area (Å²) in [4.78, 5) is 4.63. The van der Waals surface area contributed by atoms with Crippen molar-refractivity contribution in [2.24, 2.45) is 0 Å². The summed E-state index contributed by atoms with van der Waals surface area (Å²) in [5, 5.41) is 15.5. The monoisotopic (exact) mass is 261 g/mol. The maximum Gasteiger partial charge on any atom is 0.216 e. The Hall–Kier alpha value is -2.88. The van der Waals surface area contributed by atoms with Crippen molar-refractivity contribution >= 4 is 16.6 Å². The predicted molar refractivity (Wildman–Crippen MR) is 77.6 cm³/mol. The van der Waals surface area contributed by atoms with Crippen LogP contribution in [0.15, 0.2) is 60.7 Å².